The first-order valence-electron chi connectivity index (χ1n) is 7.04. The first-order chi connectivity index (χ1) is 8.53. The quantitative estimate of drug-likeness (QED) is 0.691. The fraction of sp³-hybridized carbons (Fsp3) is 0.625. The minimum absolute atomic E-state index is 0.0122. The van der Waals surface area contributed by atoms with Crippen LogP contribution in [0, 0.1) is 0 Å². The van der Waals surface area contributed by atoms with Crippen LogP contribution in [-0.2, 0) is 10.3 Å². The summed E-state index contributed by atoms with van der Waals surface area (Å²) in [5, 5.41) is 0. The Kier molecular flexibility index (Phi) is 2.67. The van der Waals surface area contributed by atoms with E-state index in [1.165, 1.54) is 24.1 Å². The van der Waals surface area contributed by atoms with Gasteiger partial charge in [0, 0.05) is 29.9 Å². The predicted molar refractivity (Wildman–Crippen MR) is 75.0 cm³/mol. The molecule has 1 atom stereocenters. The lowest BCUT2D eigenvalue weighted by atomic mass is 9.81. The molecule has 2 aliphatic heterocycles. The molecule has 98 valence electrons. The molecule has 1 spiro atoms. The van der Waals surface area contributed by atoms with Gasteiger partial charge in [-0.1, -0.05) is 18.2 Å². The molecule has 1 saturated heterocycles. The Morgan fingerprint density at radius 2 is 1.94 bits per heavy atom. The summed E-state index contributed by atoms with van der Waals surface area (Å²) in [7, 11) is 0. The largest absolute Gasteiger partial charge is 0.370 e. The number of hydrogen-bond acceptors (Lipinski definition) is 2. The van der Waals surface area contributed by atoms with Gasteiger partial charge in [-0.3, -0.25) is 0 Å². The van der Waals surface area contributed by atoms with Gasteiger partial charge in [-0.05, 0) is 46.1 Å². The predicted octanol–water partition coefficient (Wildman–Crippen LogP) is 3.70. The molecule has 1 aromatic carbocycles. The number of ether oxygens (including phenoxy) is 1. The van der Waals surface area contributed by atoms with Crippen molar-refractivity contribution in [1.82, 2.24) is 0 Å². The molecule has 1 fully saturated rings. The van der Waals surface area contributed by atoms with Gasteiger partial charge in [0.15, 0.2) is 0 Å². The lowest BCUT2D eigenvalue weighted by Gasteiger charge is -2.47. The highest BCUT2D eigenvalue weighted by atomic mass is 16.5. The van der Waals surface area contributed by atoms with Crippen molar-refractivity contribution in [3.63, 3.8) is 0 Å². The second kappa shape index (κ2) is 3.99. The highest BCUT2D eigenvalue weighted by molar-refractivity contribution is 5.60. The van der Waals surface area contributed by atoms with Gasteiger partial charge in [0.2, 0.25) is 0 Å². The van der Waals surface area contributed by atoms with E-state index in [-0.39, 0.29) is 11.1 Å². The topological polar surface area (TPSA) is 12.5 Å². The van der Waals surface area contributed by atoms with Crippen molar-refractivity contribution in [2.45, 2.75) is 51.2 Å². The number of anilines is 1. The first kappa shape index (κ1) is 12.0. The van der Waals surface area contributed by atoms with Gasteiger partial charge in [-0.2, -0.15) is 0 Å². The molecule has 0 saturated carbocycles. The van der Waals surface area contributed by atoms with Crippen LogP contribution in [0.2, 0.25) is 0 Å². The molecule has 3 rings (SSSR count). The summed E-state index contributed by atoms with van der Waals surface area (Å²) in [6, 6.07) is 8.81. The smallest absolute Gasteiger partial charge is 0.0968 e. The van der Waals surface area contributed by atoms with E-state index in [4.69, 9.17) is 4.74 Å². The van der Waals surface area contributed by atoms with Crippen molar-refractivity contribution >= 4 is 5.69 Å². The van der Waals surface area contributed by atoms with Crippen LogP contribution in [0.4, 0.5) is 5.69 Å². The number of para-hydroxylation sites is 1. The van der Waals surface area contributed by atoms with Crippen LogP contribution in [0.5, 0.6) is 0 Å². The van der Waals surface area contributed by atoms with Gasteiger partial charge in [-0.25, -0.2) is 0 Å². The fourth-order valence-corrected chi connectivity index (χ4v) is 3.45. The molecule has 0 aromatic heterocycles. The van der Waals surface area contributed by atoms with Crippen molar-refractivity contribution < 1.29 is 4.74 Å². The first-order valence-corrected chi connectivity index (χ1v) is 7.04. The zero-order chi connectivity index (χ0) is 12.8. The van der Waals surface area contributed by atoms with Crippen LogP contribution in [-0.4, -0.2) is 18.7 Å². The molecule has 2 heterocycles. The minimum Gasteiger partial charge on any atom is -0.370 e. The molecule has 0 amide bonds. The normalized spacial score (nSPS) is 27.6. The highest BCUT2D eigenvalue weighted by Gasteiger charge is 2.44. The van der Waals surface area contributed by atoms with E-state index in [9.17, 15) is 0 Å². The Bertz CT molecular complexity index is 441. The molecule has 0 N–H and O–H groups in total. The van der Waals surface area contributed by atoms with Crippen molar-refractivity contribution in [1.29, 1.82) is 0 Å². The fourth-order valence-electron chi connectivity index (χ4n) is 3.45. The Morgan fingerprint density at radius 1 is 1.17 bits per heavy atom. The van der Waals surface area contributed by atoms with Crippen molar-refractivity contribution in [3.8, 4) is 0 Å². The molecular weight excluding hydrogens is 222 g/mol. The van der Waals surface area contributed by atoms with E-state index < -0.39 is 0 Å². The van der Waals surface area contributed by atoms with Crippen molar-refractivity contribution in [2.24, 2.45) is 0 Å². The van der Waals surface area contributed by atoms with E-state index in [1.54, 1.807) is 0 Å². The van der Waals surface area contributed by atoms with Crippen LogP contribution in [0.3, 0.4) is 0 Å². The summed E-state index contributed by atoms with van der Waals surface area (Å²) in [6.45, 7) is 8.89. The van der Waals surface area contributed by atoms with Gasteiger partial charge in [0.05, 0.1) is 5.60 Å². The maximum Gasteiger partial charge on any atom is 0.0968 e. The van der Waals surface area contributed by atoms with E-state index in [0.717, 1.165) is 19.6 Å². The molecule has 1 aromatic rings. The number of fused-ring (bicyclic) bond motifs is 2. The lowest BCUT2D eigenvalue weighted by Crippen LogP contribution is -2.49. The number of rotatable bonds is 0. The zero-order valence-corrected chi connectivity index (χ0v) is 11.7. The zero-order valence-electron chi connectivity index (χ0n) is 11.7. The summed E-state index contributed by atoms with van der Waals surface area (Å²) in [5.74, 6) is 0. The third-order valence-electron chi connectivity index (χ3n) is 4.34. The van der Waals surface area contributed by atoms with Crippen LogP contribution in [0.1, 0.15) is 45.6 Å². The Balaban J connectivity index is 2.08. The van der Waals surface area contributed by atoms with Gasteiger partial charge < -0.3 is 9.64 Å². The maximum atomic E-state index is 6.14. The monoisotopic (exact) mass is 245 g/mol. The molecule has 0 bridgehead atoms. The van der Waals surface area contributed by atoms with Crippen LogP contribution in [0.15, 0.2) is 24.3 Å². The number of hydrogen-bond donors (Lipinski definition) is 0. The highest BCUT2D eigenvalue weighted by Crippen LogP contribution is 2.48. The maximum absolute atomic E-state index is 6.14. The molecule has 2 nitrogen and oxygen atoms in total. The third kappa shape index (κ3) is 1.74. The van der Waals surface area contributed by atoms with E-state index in [1.807, 2.05) is 0 Å². The summed E-state index contributed by atoms with van der Waals surface area (Å²) in [6.07, 6.45) is 3.51. The van der Waals surface area contributed by atoms with Crippen LogP contribution < -0.4 is 4.90 Å². The van der Waals surface area contributed by atoms with Gasteiger partial charge in [0.1, 0.15) is 0 Å². The average molecular weight is 245 g/mol. The minimum atomic E-state index is 0.0122. The van der Waals surface area contributed by atoms with Crippen LogP contribution in [0.25, 0.3) is 0 Å². The van der Waals surface area contributed by atoms with Gasteiger partial charge in [-0.15, -0.1) is 0 Å². The number of nitrogens with zero attached hydrogens (tertiary/aromatic N) is 1. The lowest BCUT2D eigenvalue weighted by molar-refractivity contribution is -0.00978. The molecule has 1 unspecified atom stereocenters. The summed E-state index contributed by atoms with van der Waals surface area (Å²) in [5.41, 5.74) is 2.97. The summed E-state index contributed by atoms with van der Waals surface area (Å²) >= 11 is 0. The van der Waals surface area contributed by atoms with Gasteiger partial charge >= 0.3 is 0 Å². The summed E-state index contributed by atoms with van der Waals surface area (Å²) < 4.78 is 6.14. The molecule has 0 radical (unpaired) electrons. The Hall–Kier alpha value is -1.02. The van der Waals surface area contributed by atoms with Gasteiger partial charge in [0.25, 0.3) is 0 Å². The number of benzene rings is 1. The van der Waals surface area contributed by atoms with E-state index in [0.29, 0.717) is 0 Å². The molecule has 18 heavy (non-hydrogen) atoms. The van der Waals surface area contributed by atoms with Crippen LogP contribution >= 0.6 is 0 Å². The summed E-state index contributed by atoms with van der Waals surface area (Å²) in [4.78, 5) is 2.52. The second-order valence-corrected chi connectivity index (χ2v) is 6.54. The SMILES string of the molecule is CC(C)(C)N1CCC2(CCCO2)c2ccccc21. The Morgan fingerprint density at radius 3 is 2.61 bits per heavy atom. The second-order valence-electron chi connectivity index (χ2n) is 6.54. The molecule has 2 aliphatic rings. The third-order valence-corrected chi connectivity index (χ3v) is 4.34. The van der Waals surface area contributed by atoms with Crippen molar-refractivity contribution in [3.05, 3.63) is 29.8 Å². The molecule has 2 heteroatoms. The van der Waals surface area contributed by atoms with E-state index >= 15 is 0 Å². The van der Waals surface area contributed by atoms with E-state index in [2.05, 4.69) is 49.9 Å². The molecule has 0 aliphatic carbocycles. The Labute approximate surface area is 110 Å². The standard InChI is InChI=1S/C16H23NO/c1-15(2,3)17-11-10-16(9-6-12-18-16)13-7-4-5-8-14(13)17/h4-5,7-8H,6,9-12H2,1-3H3. The van der Waals surface area contributed by atoms with Crippen molar-refractivity contribution in [2.75, 3.05) is 18.1 Å². The average Bonchev–Trinajstić information content (AvgIpc) is 2.78. The molecular formula is C16H23NO.